The van der Waals surface area contributed by atoms with E-state index in [9.17, 15) is 4.79 Å². The minimum absolute atomic E-state index is 0.176. The first-order valence-corrected chi connectivity index (χ1v) is 9.87. The molecule has 2 aromatic rings. The van der Waals surface area contributed by atoms with Gasteiger partial charge < -0.3 is 4.90 Å². The molecule has 2 aliphatic rings. The van der Waals surface area contributed by atoms with Crippen LogP contribution >= 0.6 is 11.3 Å². The van der Waals surface area contributed by atoms with Crippen LogP contribution in [0.2, 0.25) is 0 Å². The molecule has 0 spiro atoms. The van der Waals surface area contributed by atoms with Crippen molar-refractivity contribution in [1.29, 1.82) is 0 Å². The molecule has 1 aromatic carbocycles. The number of hydrogen-bond acceptors (Lipinski definition) is 3. The van der Waals surface area contributed by atoms with Crippen LogP contribution in [0.15, 0.2) is 24.3 Å². The first-order chi connectivity index (χ1) is 11.7. The van der Waals surface area contributed by atoms with Crippen LogP contribution in [0, 0.1) is 6.92 Å². The van der Waals surface area contributed by atoms with Gasteiger partial charge in [0.2, 0.25) is 0 Å². The molecule has 3 nitrogen and oxygen atoms in total. The average Bonchev–Trinajstić information content (AvgIpc) is 3.05. The zero-order chi connectivity index (χ0) is 16.5. The van der Waals surface area contributed by atoms with Gasteiger partial charge in [-0.15, -0.1) is 11.3 Å². The smallest absolute Gasteiger partial charge is 0.253 e. The van der Waals surface area contributed by atoms with Crippen molar-refractivity contribution in [1.82, 2.24) is 9.88 Å². The molecule has 0 N–H and O–H groups in total. The first-order valence-electron chi connectivity index (χ1n) is 9.05. The van der Waals surface area contributed by atoms with Crippen LogP contribution in [0.4, 0.5) is 0 Å². The van der Waals surface area contributed by atoms with E-state index >= 15 is 0 Å². The third-order valence-corrected chi connectivity index (χ3v) is 6.58. The Labute approximate surface area is 147 Å². The Balaban J connectivity index is 1.41. The third-order valence-electron chi connectivity index (χ3n) is 5.26. The number of carbonyl (C=O) groups excluding carboxylic acids is 1. The van der Waals surface area contributed by atoms with Crippen molar-refractivity contribution in [3.8, 4) is 0 Å². The van der Waals surface area contributed by atoms with Gasteiger partial charge in [-0.3, -0.25) is 4.79 Å². The molecular formula is C20H24N2OS. The molecule has 0 atom stereocenters. The molecule has 0 radical (unpaired) electrons. The van der Waals surface area contributed by atoms with E-state index in [1.807, 2.05) is 47.4 Å². The molecule has 0 unspecified atom stereocenters. The molecule has 126 valence electrons. The maximum absolute atomic E-state index is 12.7. The minimum Gasteiger partial charge on any atom is -0.339 e. The van der Waals surface area contributed by atoms with Crippen molar-refractivity contribution in [2.45, 2.75) is 51.4 Å². The molecule has 1 aliphatic carbocycles. The van der Waals surface area contributed by atoms with Crippen molar-refractivity contribution in [3.63, 3.8) is 0 Å². The highest BCUT2D eigenvalue weighted by atomic mass is 32.1. The molecule has 0 saturated carbocycles. The Morgan fingerprint density at radius 2 is 2.00 bits per heavy atom. The van der Waals surface area contributed by atoms with Crippen LogP contribution in [0.3, 0.4) is 0 Å². The van der Waals surface area contributed by atoms with E-state index in [1.165, 1.54) is 34.8 Å². The Kier molecular flexibility index (Phi) is 4.40. The maximum atomic E-state index is 12.7. The van der Waals surface area contributed by atoms with Crippen molar-refractivity contribution in [2.75, 3.05) is 13.1 Å². The van der Waals surface area contributed by atoms with E-state index in [4.69, 9.17) is 4.98 Å². The number of aryl methyl sites for hydroxylation is 3. The van der Waals surface area contributed by atoms with Crippen LogP contribution in [0.5, 0.6) is 0 Å². The molecule has 4 rings (SSSR count). The second-order valence-electron chi connectivity index (χ2n) is 7.07. The Morgan fingerprint density at radius 1 is 1.21 bits per heavy atom. The fraction of sp³-hybridized carbons (Fsp3) is 0.500. The van der Waals surface area contributed by atoms with E-state index < -0.39 is 0 Å². The van der Waals surface area contributed by atoms with Crippen LogP contribution in [0.25, 0.3) is 0 Å². The Hall–Kier alpha value is -1.68. The molecule has 4 heteroatoms. The summed E-state index contributed by atoms with van der Waals surface area (Å²) in [6, 6.07) is 7.92. The van der Waals surface area contributed by atoms with Gasteiger partial charge in [-0.1, -0.05) is 17.7 Å². The topological polar surface area (TPSA) is 33.2 Å². The number of carbonyl (C=O) groups is 1. The summed E-state index contributed by atoms with van der Waals surface area (Å²) < 4.78 is 0. The lowest BCUT2D eigenvalue weighted by Gasteiger charge is -2.31. The third kappa shape index (κ3) is 3.12. The summed E-state index contributed by atoms with van der Waals surface area (Å²) in [6.45, 7) is 3.73. The Morgan fingerprint density at radius 3 is 2.75 bits per heavy atom. The number of aromatic nitrogens is 1. The number of likely N-dealkylation sites (tertiary alicyclic amines) is 1. The fourth-order valence-corrected chi connectivity index (χ4v) is 5.16. The van der Waals surface area contributed by atoms with Crippen molar-refractivity contribution in [2.24, 2.45) is 0 Å². The van der Waals surface area contributed by atoms with Gasteiger partial charge in [0.15, 0.2) is 0 Å². The minimum atomic E-state index is 0.176. The van der Waals surface area contributed by atoms with E-state index in [0.29, 0.717) is 5.92 Å². The predicted octanol–water partition coefficient (Wildman–Crippen LogP) is 4.35. The van der Waals surface area contributed by atoms with E-state index in [2.05, 4.69) is 0 Å². The molecule has 1 saturated heterocycles. The summed E-state index contributed by atoms with van der Waals surface area (Å²) in [6.07, 6.45) is 7.08. The van der Waals surface area contributed by atoms with Gasteiger partial charge in [-0.05, 0) is 57.6 Å². The standard InChI is InChI=1S/C20H24N2OS/c1-14-5-4-6-16(13-14)20(23)22-11-9-15(10-12-22)19-21-17-7-2-3-8-18(17)24-19/h4-6,13,15H,2-3,7-12H2,1H3. The van der Waals surface area contributed by atoms with E-state index in [-0.39, 0.29) is 5.91 Å². The van der Waals surface area contributed by atoms with Crippen LogP contribution < -0.4 is 0 Å². The number of thiazole rings is 1. The van der Waals surface area contributed by atoms with Crippen LogP contribution in [-0.4, -0.2) is 28.9 Å². The lowest BCUT2D eigenvalue weighted by molar-refractivity contribution is 0.0713. The number of piperidine rings is 1. The van der Waals surface area contributed by atoms with Gasteiger partial charge in [-0.2, -0.15) is 0 Å². The molecule has 1 amide bonds. The van der Waals surface area contributed by atoms with Gasteiger partial charge >= 0.3 is 0 Å². The number of hydrogen-bond donors (Lipinski definition) is 0. The number of fused-ring (bicyclic) bond motifs is 1. The number of amides is 1. The Bertz CT molecular complexity index is 720. The highest BCUT2D eigenvalue weighted by molar-refractivity contribution is 7.11. The zero-order valence-corrected chi connectivity index (χ0v) is 15.1. The molecule has 24 heavy (non-hydrogen) atoms. The summed E-state index contributed by atoms with van der Waals surface area (Å²) in [7, 11) is 0. The second-order valence-corrected chi connectivity index (χ2v) is 8.18. The van der Waals surface area contributed by atoms with E-state index in [0.717, 1.165) is 43.5 Å². The monoisotopic (exact) mass is 340 g/mol. The fourth-order valence-electron chi connectivity index (χ4n) is 3.84. The van der Waals surface area contributed by atoms with Gasteiger partial charge in [0.25, 0.3) is 5.91 Å². The van der Waals surface area contributed by atoms with Gasteiger partial charge in [-0.25, -0.2) is 4.98 Å². The summed E-state index contributed by atoms with van der Waals surface area (Å²) in [5.74, 6) is 0.720. The largest absolute Gasteiger partial charge is 0.339 e. The number of benzene rings is 1. The second kappa shape index (κ2) is 6.67. The van der Waals surface area contributed by atoms with Crippen molar-refractivity contribution < 1.29 is 4.79 Å². The van der Waals surface area contributed by atoms with Crippen LogP contribution in [0.1, 0.15) is 63.1 Å². The van der Waals surface area contributed by atoms with E-state index in [1.54, 1.807) is 0 Å². The van der Waals surface area contributed by atoms with Gasteiger partial charge in [0.1, 0.15) is 0 Å². The lowest BCUT2D eigenvalue weighted by Crippen LogP contribution is -2.37. The molecular weight excluding hydrogens is 316 g/mol. The normalized spacial score (nSPS) is 18.5. The molecule has 1 aromatic heterocycles. The zero-order valence-electron chi connectivity index (χ0n) is 14.3. The van der Waals surface area contributed by atoms with Gasteiger partial charge in [0.05, 0.1) is 10.7 Å². The highest BCUT2D eigenvalue weighted by Gasteiger charge is 2.27. The summed E-state index contributed by atoms with van der Waals surface area (Å²) in [5, 5.41) is 1.32. The molecule has 0 bridgehead atoms. The first kappa shape index (κ1) is 15.8. The number of nitrogens with zero attached hydrogens (tertiary/aromatic N) is 2. The van der Waals surface area contributed by atoms with Gasteiger partial charge in [0, 0.05) is 29.4 Å². The maximum Gasteiger partial charge on any atom is 0.253 e. The molecule has 1 fully saturated rings. The summed E-state index contributed by atoms with van der Waals surface area (Å²) in [5.41, 5.74) is 3.32. The number of rotatable bonds is 2. The SMILES string of the molecule is Cc1cccc(C(=O)N2CCC(c3nc4c(s3)CCCC4)CC2)c1. The average molecular weight is 340 g/mol. The molecule has 2 heterocycles. The quantitative estimate of drug-likeness (QED) is 0.814. The van der Waals surface area contributed by atoms with Crippen molar-refractivity contribution in [3.05, 3.63) is 51.0 Å². The van der Waals surface area contributed by atoms with Crippen molar-refractivity contribution >= 4 is 17.2 Å². The summed E-state index contributed by atoms with van der Waals surface area (Å²) >= 11 is 1.94. The predicted molar refractivity (Wildman–Crippen MR) is 97.8 cm³/mol. The highest BCUT2D eigenvalue weighted by Crippen LogP contribution is 2.35. The molecule has 1 aliphatic heterocycles. The van der Waals surface area contributed by atoms with Crippen LogP contribution in [-0.2, 0) is 12.8 Å². The lowest BCUT2D eigenvalue weighted by atomic mass is 9.96. The summed E-state index contributed by atoms with van der Waals surface area (Å²) in [4.78, 5) is 21.1.